The average molecular weight is 419 g/mol. The fourth-order valence-electron chi connectivity index (χ4n) is 5.68. The van der Waals surface area contributed by atoms with Crippen LogP contribution in [0.5, 0.6) is 0 Å². The lowest BCUT2D eigenvalue weighted by molar-refractivity contribution is -0.142. The summed E-state index contributed by atoms with van der Waals surface area (Å²) < 4.78 is 26.4. The third-order valence-corrected chi connectivity index (χ3v) is 7.71. The molecule has 0 aliphatic heterocycles. The minimum Gasteiger partial charge on any atom is -0.481 e. The zero-order valence-corrected chi connectivity index (χ0v) is 18.0. The van der Waals surface area contributed by atoms with Crippen LogP contribution in [0.25, 0.3) is 0 Å². The van der Waals surface area contributed by atoms with E-state index >= 15 is 0 Å². The molecule has 30 heavy (non-hydrogen) atoms. The predicted molar refractivity (Wildman–Crippen MR) is 116 cm³/mol. The Kier molecular flexibility index (Phi) is 8.47. The Bertz CT molecular complexity index is 701. The number of halogens is 2. The lowest BCUT2D eigenvalue weighted by atomic mass is 9.72. The smallest absolute Gasteiger partial charge is 0.310 e. The molecule has 0 spiro atoms. The molecular weight excluding hydrogens is 382 g/mol. The molecule has 1 N–H and O–H groups in total. The SMILES string of the molecule is C=CC(C(=O)O)[C@H]1CC[C@H](CC[C@H]2CC[C@H](CCc3ccc(F)c(F)c3)CC2)CC1. The van der Waals surface area contributed by atoms with E-state index in [2.05, 4.69) is 6.58 Å². The summed E-state index contributed by atoms with van der Waals surface area (Å²) >= 11 is 0. The molecule has 0 aromatic heterocycles. The van der Waals surface area contributed by atoms with Gasteiger partial charge in [0.25, 0.3) is 0 Å². The van der Waals surface area contributed by atoms with Gasteiger partial charge in [-0.15, -0.1) is 6.58 Å². The standard InChI is InChI=1S/C26H36F2O2/c1-2-23(26(29)30)22-14-11-20(12-15-22)8-7-18-3-5-19(6-4-18)9-10-21-13-16-24(27)25(28)17-21/h2,13,16-20,22-23H,1,3-12,14-15H2,(H,29,30)/t18-,19-,20-,22-,23?. The molecule has 1 unspecified atom stereocenters. The quantitative estimate of drug-likeness (QED) is 0.431. The molecule has 2 nitrogen and oxygen atoms in total. The highest BCUT2D eigenvalue weighted by Gasteiger charge is 2.30. The van der Waals surface area contributed by atoms with Crippen LogP contribution in [0.2, 0.25) is 0 Å². The number of benzene rings is 1. The van der Waals surface area contributed by atoms with Crippen molar-refractivity contribution in [1.82, 2.24) is 0 Å². The molecule has 3 rings (SSSR count). The normalized spacial score (nSPS) is 28.1. The second kappa shape index (κ2) is 11.1. The van der Waals surface area contributed by atoms with Crippen molar-refractivity contribution in [3.8, 4) is 0 Å². The predicted octanol–water partition coefficient (Wildman–Crippen LogP) is 7.18. The Morgan fingerprint density at radius 3 is 1.97 bits per heavy atom. The molecule has 0 saturated heterocycles. The molecule has 2 saturated carbocycles. The molecule has 1 aromatic rings. The van der Waals surface area contributed by atoms with Crippen LogP contribution in [0, 0.1) is 41.2 Å². The van der Waals surface area contributed by atoms with Gasteiger partial charge in [-0.1, -0.05) is 63.5 Å². The van der Waals surface area contributed by atoms with Crippen molar-refractivity contribution in [2.45, 2.75) is 77.0 Å². The minimum atomic E-state index is -0.768. The van der Waals surface area contributed by atoms with Gasteiger partial charge in [-0.3, -0.25) is 4.79 Å². The Balaban J connectivity index is 1.31. The summed E-state index contributed by atoms with van der Waals surface area (Å²) in [7, 11) is 0. The van der Waals surface area contributed by atoms with Crippen molar-refractivity contribution >= 4 is 5.97 Å². The molecule has 0 amide bonds. The molecule has 2 fully saturated rings. The van der Waals surface area contributed by atoms with Crippen molar-refractivity contribution in [2.24, 2.45) is 29.6 Å². The summed E-state index contributed by atoms with van der Waals surface area (Å²) in [5.41, 5.74) is 0.896. The number of rotatable bonds is 9. The van der Waals surface area contributed by atoms with Gasteiger partial charge < -0.3 is 5.11 Å². The fourth-order valence-corrected chi connectivity index (χ4v) is 5.68. The van der Waals surface area contributed by atoms with Crippen LogP contribution in [0.4, 0.5) is 8.78 Å². The average Bonchev–Trinajstić information content (AvgIpc) is 2.75. The topological polar surface area (TPSA) is 37.3 Å². The van der Waals surface area contributed by atoms with E-state index in [1.165, 1.54) is 50.7 Å². The molecule has 2 aliphatic rings. The molecule has 0 radical (unpaired) electrons. The highest BCUT2D eigenvalue weighted by atomic mass is 19.2. The Morgan fingerprint density at radius 1 is 0.933 bits per heavy atom. The van der Waals surface area contributed by atoms with Gasteiger partial charge >= 0.3 is 5.97 Å². The van der Waals surface area contributed by atoms with E-state index in [-0.39, 0.29) is 11.8 Å². The van der Waals surface area contributed by atoms with E-state index in [1.807, 2.05) is 0 Å². The summed E-state index contributed by atoms with van der Waals surface area (Å²) in [6.07, 6.45) is 15.5. The molecule has 4 heteroatoms. The van der Waals surface area contributed by atoms with Crippen LogP contribution >= 0.6 is 0 Å². The number of carboxylic acid groups (broad SMARTS) is 1. The van der Waals surface area contributed by atoms with Gasteiger partial charge in [0.15, 0.2) is 11.6 Å². The lowest BCUT2D eigenvalue weighted by Gasteiger charge is -2.33. The van der Waals surface area contributed by atoms with Crippen LogP contribution in [0.3, 0.4) is 0 Å². The number of hydrogen-bond donors (Lipinski definition) is 1. The van der Waals surface area contributed by atoms with Crippen molar-refractivity contribution in [3.63, 3.8) is 0 Å². The number of aliphatic carboxylic acids is 1. The Morgan fingerprint density at radius 2 is 1.47 bits per heavy atom. The summed E-state index contributed by atoms with van der Waals surface area (Å²) in [5.74, 6) is -0.0718. The minimum absolute atomic E-state index is 0.265. The summed E-state index contributed by atoms with van der Waals surface area (Å²) in [4.78, 5) is 11.3. The van der Waals surface area contributed by atoms with Gasteiger partial charge in [0.2, 0.25) is 0 Å². The molecule has 1 aromatic carbocycles. The monoisotopic (exact) mass is 418 g/mol. The maximum Gasteiger partial charge on any atom is 0.310 e. The summed E-state index contributed by atoms with van der Waals surface area (Å²) in [5, 5.41) is 9.31. The van der Waals surface area contributed by atoms with E-state index in [0.29, 0.717) is 5.92 Å². The third-order valence-electron chi connectivity index (χ3n) is 7.71. The highest BCUT2D eigenvalue weighted by molar-refractivity contribution is 5.72. The molecule has 0 bridgehead atoms. The van der Waals surface area contributed by atoms with Crippen molar-refractivity contribution in [1.29, 1.82) is 0 Å². The lowest BCUT2D eigenvalue weighted by Crippen LogP contribution is -2.26. The van der Waals surface area contributed by atoms with Gasteiger partial charge in [0.1, 0.15) is 0 Å². The molecular formula is C26H36F2O2. The van der Waals surface area contributed by atoms with Crippen LogP contribution in [-0.2, 0) is 11.2 Å². The van der Waals surface area contributed by atoms with E-state index in [4.69, 9.17) is 0 Å². The van der Waals surface area contributed by atoms with E-state index < -0.39 is 17.6 Å². The number of hydrogen-bond acceptors (Lipinski definition) is 1. The highest BCUT2D eigenvalue weighted by Crippen LogP contribution is 2.39. The first-order valence-corrected chi connectivity index (χ1v) is 11.8. The first-order chi connectivity index (χ1) is 14.5. The summed E-state index contributed by atoms with van der Waals surface area (Å²) in [6, 6.07) is 4.27. The van der Waals surface area contributed by atoms with Crippen molar-refractivity contribution < 1.29 is 18.7 Å². The van der Waals surface area contributed by atoms with Crippen molar-refractivity contribution in [3.05, 3.63) is 48.1 Å². The van der Waals surface area contributed by atoms with Crippen LogP contribution in [0.15, 0.2) is 30.9 Å². The van der Waals surface area contributed by atoms with Gasteiger partial charge in [0, 0.05) is 0 Å². The maximum absolute atomic E-state index is 13.3. The molecule has 166 valence electrons. The largest absolute Gasteiger partial charge is 0.481 e. The van der Waals surface area contributed by atoms with Gasteiger partial charge in [-0.2, -0.15) is 0 Å². The zero-order valence-electron chi connectivity index (χ0n) is 18.0. The fraction of sp³-hybridized carbons (Fsp3) is 0.654. The Hall–Kier alpha value is -1.71. The van der Waals surface area contributed by atoms with Crippen LogP contribution < -0.4 is 0 Å². The molecule has 1 atom stereocenters. The first kappa shape index (κ1) is 23.0. The second-order valence-electron chi connectivity index (χ2n) is 9.63. The summed E-state index contributed by atoms with van der Waals surface area (Å²) in [6.45, 7) is 3.71. The van der Waals surface area contributed by atoms with Gasteiger partial charge in [-0.05, 0) is 67.1 Å². The Labute approximate surface area is 179 Å². The number of aryl methyl sites for hydroxylation is 1. The number of carbonyl (C=O) groups is 1. The van der Waals surface area contributed by atoms with Crippen molar-refractivity contribution in [2.75, 3.05) is 0 Å². The number of carboxylic acids is 1. The van der Waals surface area contributed by atoms with E-state index in [1.54, 1.807) is 12.1 Å². The second-order valence-corrected chi connectivity index (χ2v) is 9.63. The molecule has 0 heterocycles. The zero-order chi connectivity index (χ0) is 21.5. The molecule has 2 aliphatic carbocycles. The maximum atomic E-state index is 13.3. The third kappa shape index (κ3) is 6.39. The van der Waals surface area contributed by atoms with Crippen LogP contribution in [-0.4, -0.2) is 11.1 Å². The first-order valence-electron chi connectivity index (χ1n) is 11.8. The van der Waals surface area contributed by atoms with Crippen LogP contribution in [0.1, 0.15) is 76.2 Å². The van der Waals surface area contributed by atoms with Gasteiger partial charge in [0.05, 0.1) is 5.92 Å². The van der Waals surface area contributed by atoms with Gasteiger partial charge in [-0.25, -0.2) is 8.78 Å². The van der Waals surface area contributed by atoms with E-state index in [9.17, 15) is 18.7 Å². The van der Waals surface area contributed by atoms with E-state index in [0.717, 1.165) is 55.9 Å².